The van der Waals surface area contributed by atoms with E-state index in [1.807, 2.05) is 0 Å². The quantitative estimate of drug-likeness (QED) is 0.225. The van der Waals surface area contributed by atoms with Crippen LogP contribution in [0.4, 0.5) is 0 Å². The van der Waals surface area contributed by atoms with Gasteiger partial charge >= 0.3 is 0 Å². The van der Waals surface area contributed by atoms with Crippen LogP contribution in [0.1, 0.15) is 40.0 Å². The Morgan fingerprint density at radius 2 is 1.47 bits per heavy atom. The Bertz CT molecular complexity index is 1330. The topological polar surface area (TPSA) is 18.5 Å². The average molecular weight is 465 g/mol. The molecule has 0 bridgehead atoms. The Morgan fingerprint density at radius 3 is 2.18 bits per heavy atom. The van der Waals surface area contributed by atoms with Crippen molar-refractivity contribution in [1.82, 2.24) is 0 Å². The van der Waals surface area contributed by atoms with Crippen molar-refractivity contribution in [1.29, 1.82) is 0 Å². The number of hydrogen-bond donors (Lipinski definition) is 0. The van der Waals surface area contributed by atoms with Crippen molar-refractivity contribution >= 4 is 43.6 Å². The molecule has 1 aliphatic carbocycles. The van der Waals surface area contributed by atoms with Gasteiger partial charge in [0, 0.05) is 19.5 Å². The molecule has 2 aliphatic rings. The van der Waals surface area contributed by atoms with Crippen LogP contribution in [0.5, 0.6) is 5.75 Å². The molecule has 1 saturated carbocycles. The van der Waals surface area contributed by atoms with Crippen LogP contribution in [0.15, 0.2) is 72.8 Å². The fourth-order valence-electron chi connectivity index (χ4n) is 5.84. The highest BCUT2D eigenvalue weighted by Gasteiger charge is 2.38. The molecule has 3 radical (unpaired) electrons. The SMILES string of the molecule is CC(C)[C@H]1CC[C@H](C)C[C@@H]1OP1Oc2ccc3ccccc3c2-c2c1ccc1ccccc21.[B]. The largest absolute Gasteiger partial charge is 0.443 e. The van der Waals surface area contributed by atoms with E-state index in [1.54, 1.807) is 0 Å². The normalized spacial score (nSPS) is 23.8. The molecule has 1 aliphatic heterocycles. The van der Waals surface area contributed by atoms with Crippen molar-refractivity contribution in [3.05, 3.63) is 72.8 Å². The van der Waals surface area contributed by atoms with Crippen molar-refractivity contribution in [3.8, 4) is 16.9 Å². The minimum Gasteiger partial charge on any atom is -0.443 e. The van der Waals surface area contributed by atoms with E-state index < -0.39 is 8.38 Å². The summed E-state index contributed by atoms with van der Waals surface area (Å²) < 4.78 is 13.7. The highest BCUT2D eigenvalue weighted by atomic mass is 31.2. The predicted octanol–water partition coefficient (Wildman–Crippen LogP) is 8.09. The van der Waals surface area contributed by atoms with E-state index in [-0.39, 0.29) is 14.5 Å². The van der Waals surface area contributed by atoms with E-state index in [1.165, 1.54) is 50.8 Å². The van der Waals surface area contributed by atoms with Gasteiger partial charge in [-0.05, 0) is 64.3 Å². The maximum atomic E-state index is 6.96. The minimum atomic E-state index is -1.20. The van der Waals surface area contributed by atoms with Gasteiger partial charge in [-0.3, -0.25) is 0 Å². The monoisotopic (exact) mass is 465 g/mol. The molecule has 4 aromatic carbocycles. The fourth-order valence-corrected chi connectivity index (χ4v) is 7.52. The maximum Gasteiger partial charge on any atom is 0.266 e. The third-order valence-corrected chi connectivity index (χ3v) is 9.21. The highest BCUT2D eigenvalue weighted by molar-refractivity contribution is 7.57. The zero-order valence-electron chi connectivity index (χ0n) is 20.2. The molecule has 4 aromatic rings. The molecule has 0 saturated heterocycles. The second kappa shape index (κ2) is 9.36. The van der Waals surface area contributed by atoms with Crippen LogP contribution in [0.2, 0.25) is 0 Å². The summed E-state index contributed by atoms with van der Waals surface area (Å²) in [4.78, 5) is 0. The van der Waals surface area contributed by atoms with Crippen molar-refractivity contribution in [2.45, 2.75) is 46.1 Å². The first kappa shape index (κ1) is 23.4. The zero-order chi connectivity index (χ0) is 22.5. The van der Waals surface area contributed by atoms with Crippen molar-refractivity contribution < 1.29 is 9.05 Å². The molecule has 0 N–H and O–H groups in total. The smallest absolute Gasteiger partial charge is 0.266 e. The Labute approximate surface area is 206 Å². The lowest BCUT2D eigenvalue weighted by molar-refractivity contribution is 0.0501. The summed E-state index contributed by atoms with van der Waals surface area (Å²) in [6.45, 7) is 7.05. The lowest BCUT2D eigenvalue weighted by Crippen LogP contribution is -2.34. The molecule has 34 heavy (non-hydrogen) atoms. The summed E-state index contributed by atoms with van der Waals surface area (Å²) in [6.07, 6.45) is 3.93. The van der Waals surface area contributed by atoms with Gasteiger partial charge in [-0.1, -0.05) is 87.9 Å². The highest BCUT2D eigenvalue weighted by Crippen LogP contribution is 2.55. The van der Waals surface area contributed by atoms with Crippen LogP contribution in [0, 0.1) is 17.8 Å². The summed E-state index contributed by atoms with van der Waals surface area (Å²) >= 11 is 0. The summed E-state index contributed by atoms with van der Waals surface area (Å²) in [7, 11) is -1.20. The van der Waals surface area contributed by atoms with Gasteiger partial charge in [0.15, 0.2) is 0 Å². The molecular weight excluding hydrogens is 434 g/mol. The van der Waals surface area contributed by atoms with Crippen LogP contribution in [0.25, 0.3) is 32.7 Å². The Balaban J connectivity index is 0.00000241. The van der Waals surface area contributed by atoms with E-state index in [0.29, 0.717) is 17.8 Å². The van der Waals surface area contributed by atoms with Crippen molar-refractivity contribution in [2.75, 3.05) is 0 Å². The summed E-state index contributed by atoms with van der Waals surface area (Å²) in [5.74, 6) is 2.87. The van der Waals surface area contributed by atoms with Gasteiger partial charge in [0.05, 0.1) is 11.4 Å². The first-order valence-corrected chi connectivity index (χ1v) is 13.5. The molecule has 1 fully saturated rings. The molecule has 1 heterocycles. The summed E-state index contributed by atoms with van der Waals surface area (Å²) in [5.41, 5.74) is 2.50. The van der Waals surface area contributed by atoms with Crippen LogP contribution in [-0.2, 0) is 4.52 Å². The Kier molecular flexibility index (Phi) is 6.44. The van der Waals surface area contributed by atoms with Gasteiger partial charge < -0.3 is 9.05 Å². The third kappa shape index (κ3) is 3.94. The molecular formula is C30H31BO2P. The number of rotatable bonds is 3. The molecule has 6 rings (SSSR count). The van der Waals surface area contributed by atoms with E-state index in [0.717, 1.165) is 12.2 Å². The average Bonchev–Trinajstić information content (AvgIpc) is 2.83. The molecule has 4 heteroatoms. The maximum absolute atomic E-state index is 6.96. The number of fused-ring (bicyclic) bond motifs is 7. The second-order valence-electron chi connectivity index (χ2n) is 10.2. The minimum absolute atomic E-state index is 0. The first-order chi connectivity index (χ1) is 16.1. The van der Waals surface area contributed by atoms with Crippen LogP contribution < -0.4 is 9.83 Å². The number of hydrogen-bond acceptors (Lipinski definition) is 2. The standard InChI is InChI=1S/C30H31O2P.B/c1-19(2)23-15-12-20(3)18-27(23)32-33-28-17-14-22-9-5-7-11-25(22)30(28)29-24-10-6-4-8-21(24)13-16-26(29)31-33;/h4-11,13-14,16-17,19-20,23,27H,12,15,18H2,1-3H3;/t20-,23+,27-,33?;/m0./s1. The van der Waals surface area contributed by atoms with Gasteiger partial charge in [0.25, 0.3) is 8.38 Å². The van der Waals surface area contributed by atoms with E-state index in [2.05, 4.69) is 93.6 Å². The lowest BCUT2D eigenvalue weighted by Gasteiger charge is -2.39. The molecule has 4 atom stereocenters. The molecule has 171 valence electrons. The van der Waals surface area contributed by atoms with Crippen LogP contribution in [0.3, 0.4) is 0 Å². The molecule has 2 nitrogen and oxygen atoms in total. The molecule has 1 unspecified atom stereocenters. The Morgan fingerprint density at radius 1 is 0.824 bits per heavy atom. The predicted molar refractivity (Wildman–Crippen MR) is 146 cm³/mol. The Hall–Kier alpha value is -2.35. The van der Waals surface area contributed by atoms with Crippen LogP contribution >= 0.6 is 8.38 Å². The molecule has 0 amide bonds. The van der Waals surface area contributed by atoms with Gasteiger partial charge in [-0.25, -0.2) is 0 Å². The summed E-state index contributed by atoms with van der Waals surface area (Å²) in [5, 5.41) is 6.25. The van der Waals surface area contributed by atoms with E-state index in [9.17, 15) is 0 Å². The summed E-state index contributed by atoms with van der Waals surface area (Å²) in [6, 6.07) is 26.2. The molecule has 0 spiro atoms. The fraction of sp³-hybridized carbons (Fsp3) is 0.333. The van der Waals surface area contributed by atoms with Crippen molar-refractivity contribution in [2.24, 2.45) is 17.8 Å². The van der Waals surface area contributed by atoms with Gasteiger partial charge in [-0.2, -0.15) is 0 Å². The zero-order valence-corrected chi connectivity index (χ0v) is 21.1. The van der Waals surface area contributed by atoms with Crippen LogP contribution in [-0.4, -0.2) is 14.5 Å². The van der Waals surface area contributed by atoms with E-state index in [4.69, 9.17) is 9.05 Å². The first-order valence-electron chi connectivity index (χ1n) is 12.3. The molecule has 0 aromatic heterocycles. The van der Waals surface area contributed by atoms with Gasteiger partial charge in [0.2, 0.25) is 0 Å². The third-order valence-electron chi connectivity index (χ3n) is 7.62. The number of benzene rings is 4. The van der Waals surface area contributed by atoms with Gasteiger partial charge in [-0.15, -0.1) is 0 Å². The van der Waals surface area contributed by atoms with Gasteiger partial charge in [0.1, 0.15) is 5.75 Å². The lowest BCUT2D eigenvalue weighted by atomic mass is 9.75. The second-order valence-corrected chi connectivity index (χ2v) is 11.5. The van der Waals surface area contributed by atoms with E-state index >= 15 is 0 Å². The van der Waals surface area contributed by atoms with Crippen molar-refractivity contribution in [3.63, 3.8) is 0 Å².